The van der Waals surface area contributed by atoms with E-state index in [4.69, 9.17) is 10.5 Å². The second-order valence-electron chi connectivity index (χ2n) is 9.14. The molecule has 9 nitrogen and oxygen atoms in total. The first-order chi connectivity index (χ1) is 15.0. The molecule has 12 heteroatoms. The summed E-state index contributed by atoms with van der Waals surface area (Å²) >= 11 is 0. The SMILES string of the molecule is NC(O)CC1(NC(=O)c2ccc(N3CC(F)(F)C3)c(OCC3CC3)n2)CCS(=O)(=O)CC1. The largest absolute Gasteiger partial charge is 0.476 e. The molecule has 1 atom stereocenters. The number of aromatic nitrogens is 1. The zero-order valence-electron chi connectivity index (χ0n) is 17.6. The predicted molar refractivity (Wildman–Crippen MR) is 113 cm³/mol. The van der Waals surface area contributed by atoms with Crippen molar-refractivity contribution in [3.8, 4) is 5.88 Å². The lowest BCUT2D eigenvalue weighted by molar-refractivity contribution is -0.0265. The number of amides is 1. The summed E-state index contributed by atoms with van der Waals surface area (Å²) in [6, 6.07) is 2.96. The summed E-state index contributed by atoms with van der Waals surface area (Å²) in [4.78, 5) is 18.7. The topological polar surface area (TPSA) is 135 Å². The van der Waals surface area contributed by atoms with Gasteiger partial charge in [-0.25, -0.2) is 22.2 Å². The zero-order valence-corrected chi connectivity index (χ0v) is 18.4. The summed E-state index contributed by atoms with van der Waals surface area (Å²) in [6.07, 6.45) is 1.09. The van der Waals surface area contributed by atoms with Crippen LogP contribution in [0.3, 0.4) is 0 Å². The van der Waals surface area contributed by atoms with Crippen molar-refractivity contribution in [2.45, 2.75) is 49.8 Å². The summed E-state index contributed by atoms with van der Waals surface area (Å²) in [5, 5.41) is 12.5. The second-order valence-corrected chi connectivity index (χ2v) is 11.4. The smallest absolute Gasteiger partial charge is 0.282 e. The number of sulfone groups is 1. The lowest BCUT2D eigenvalue weighted by Crippen LogP contribution is -2.56. The summed E-state index contributed by atoms with van der Waals surface area (Å²) in [5.41, 5.74) is 4.98. The molecule has 1 aromatic rings. The third-order valence-corrected chi connectivity index (χ3v) is 7.82. The molecule has 3 heterocycles. The molecule has 32 heavy (non-hydrogen) atoms. The highest BCUT2D eigenvalue weighted by molar-refractivity contribution is 7.91. The van der Waals surface area contributed by atoms with Gasteiger partial charge in [0.05, 0.1) is 31.2 Å². The Morgan fingerprint density at radius 3 is 2.53 bits per heavy atom. The Morgan fingerprint density at radius 2 is 1.97 bits per heavy atom. The fourth-order valence-corrected chi connectivity index (χ4v) is 5.69. The van der Waals surface area contributed by atoms with E-state index in [0.717, 1.165) is 12.8 Å². The highest BCUT2D eigenvalue weighted by atomic mass is 32.2. The van der Waals surface area contributed by atoms with Crippen molar-refractivity contribution in [3.63, 3.8) is 0 Å². The Labute approximate surface area is 185 Å². The Balaban J connectivity index is 1.53. The van der Waals surface area contributed by atoms with E-state index in [2.05, 4.69) is 10.3 Å². The molecule has 1 unspecified atom stereocenters. The van der Waals surface area contributed by atoms with Crippen molar-refractivity contribution in [2.75, 3.05) is 36.1 Å². The molecule has 2 saturated heterocycles. The number of rotatable bonds is 8. The van der Waals surface area contributed by atoms with Gasteiger partial charge in [0.15, 0.2) is 0 Å². The number of nitrogens with zero attached hydrogens (tertiary/aromatic N) is 2. The van der Waals surface area contributed by atoms with Crippen LogP contribution in [0.1, 0.15) is 42.6 Å². The van der Waals surface area contributed by atoms with E-state index in [1.807, 2.05) is 0 Å². The number of alkyl halides is 2. The average Bonchev–Trinajstić information content (AvgIpc) is 3.51. The van der Waals surface area contributed by atoms with E-state index < -0.39 is 46.5 Å². The van der Waals surface area contributed by atoms with Gasteiger partial charge in [-0.05, 0) is 43.7 Å². The van der Waals surface area contributed by atoms with Crippen molar-refractivity contribution < 1.29 is 31.8 Å². The second kappa shape index (κ2) is 8.38. The van der Waals surface area contributed by atoms with Gasteiger partial charge in [0, 0.05) is 12.0 Å². The van der Waals surface area contributed by atoms with E-state index in [9.17, 15) is 27.1 Å². The minimum atomic E-state index is -3.20. The van der Waals surface area contributed by atoms with Crippen LogP contribution in [0.25, 0.3) is 0 Å². The molecule has 4 rings (SSSR count). The van der Waals surface area contributed by atoms with Gasteiger partial charge in [-0.3, -0.25) is 4.79 Å². The molecule has 1 saturated carbocycles. The van der Waals surface area contributed by atoms with Crippen LogP contribution < -0.4 is 20.7 Å². The first kappa shape index (κ1) is 23.1. The molecular weight excluding hydrogens is 446 g/mol. The summed E-state index contributed by atoms with van der Waals surface area (Å²) < 4.78 is 56.2. The van der Waals surface area contributed by atoms with Crippen LogP contribution in [0.5, 0.6) is 5.88 Å². The van der Waals surface area contributed by atoms with Gasteiger partial charge in [0.2, 0.25) is 5.88 Å². The third-order valence-electron chi connectivity index (χ3n) is 6.17. The van der Waals surface area contributed by atoms with Crippen molar-refractivity contribution in [3.05, 3.63) is 17.8 Å². The van der Waals surface area contributed by atoms with Crippen molar-refractivity contribution in [2.24, 2.45) is 11.7 Å². The number of anilines is 1. The van der Waals surface area contributed by atoms with E-state index in [-0.39, 0.29) is 42.3 Å². The number of ether oxygens (including phenoxy) is 1. The quantitative estimate of drug-likeness (QED) is 0.468. The van der Waals surface area contributed by atoms with Crippen LogP contribution in [0.4, 0.5) is 14.5 Å². The number of nitrogens with one attached hydrogen (secondary N) is 1. The zero-order chi connectivity index (χ0) is 23.1. The lowest BCUT2D eigenvalue weighted by Gasteiger charge is -2.40. The number of hydrogen-bond donors (Lipinski definition) is 3. The highest BCUT2D eigenvalue weighted by Crippen LogP contribution is 2.38. The molecule has 0 radical (unpaired) electrons. The minimum absolute atomic E-state index is 0.000239. The maximum atomic E-state index is 13.4. The normalized spacial score (nSPS) is 24.3. The highest BCUT2D eigenvalue weighted by Gasteiger charge is 2.45. The van der Waals surface area contributed by atoms with Gasteiger partial charge in [0.25, 0.3) is 11.8 Å². The minimum Gasteiger partial charge on any atom is -0.476 e. The summed E-state index contributed by atoms with van der Waals surface area (Å²) in [6.45, 7) is -0.478. The molecule has 3 fully saturated rings. The van der Waals surface area contributed by atoms with Gasteiger partial charge < -0.3 is 25.8 Å². The first-order valence-electron chi connectivity index (χ1n) is 10.7. The number of aliphatic hydroxyl groups excluding tert-OH is 1. The number of aliphatic hydroxyl groups is 1. The van der Waals surface area contributed by atoms with E-state index in [1.54, 1.807) is 0 Å². The van der Waals surface area contributed by atoms with Gasteiger partial charge in [-0.15, -0.1) is 0 Å². The van der Waals surface area contributed by atoms with Crippen molar-refractivity contribution in [1.29, 1.82) is 0 Å². The van der Waals surface area contributed by atoms with Crippen LogP contribution in [-0.4, -0.2) is 73.3 Å². The van der Waals surface area contributed by atoms with E-state index in [0.29, 0.717) is 18.2 Å². The van der Waals surface area contributed by atoms with Crippen LogP contribution in [0.15, 0.2) is 12.1 Å². The number of carbonyl (C=O) groups excluding carboxylic acids is 1. The maximum Gasteiger partial charge on any atom is 0.282 e. The number of nitrogens with two attached hydrogens (primary N) is 1. The van der Waals surface area contributed by atoms with Gasteiger partial charge in [-0.1, -0.05) is 0 Å². The Bertz CT molecular complexity index is 962. The molecule has 3 aliphatic rings. The summed E-state index contributed by atoms with van der Waals surface area (Å²) in [5.74, 6) is -3.05. The Kier molecular flexibility index (Phi) is 6.05. The molecule has 1 aliphatic carbocycles. The van der Waals surface area contributed by atoms with Gasteiger partial charge in [0.1, 0.15) is 27.4 Å². The Morgan fingerprint density at radius 1 is 1.31 bits per heavy atom. The fourth-order valence-electron chi connectivity index (χ4n) is 4.08. The number of carbonyl (C=O) groups is 1. The monoisotopic (exact) mass is 474 g/mol. The molecule has 178 valence electrons. The van der Waals surface area contributed by atoms with Crippen LogP contribution >= 0.6 is 0 Å². The molecule has 1 aromatic heterocycles. The van der Waals surface area contributed by atoms with Gasteiger partial charge >= 0.3 is 0 Å². The van der Waals surface area contributed by atoms with Crippen molar-refractivity contribution in [1.82, 2.24) is 10.3 Å². The number of halogens is 2. The van der Waals surface area contributed by atoms with Crippen molar-refractivity contribution >= 4 is 21.4 Å². The Hall–Kier alpha value is -2.05. The lowest BCUT2D eigenvalue weighted by atomic mass is 9.87. The van der Waals surface area contributed by atoms with Gasteiger partial charge in [-0.2, -0.15) is 0 Å². The third kappa shape index (κ3) is 5.46. The van der Waals surface area contributed by atoms with E-state index >= 15 is 0 Å². The number of hydrogen-bond acceptors (Lipinski definition) is 8. The first-order valence-corrected chi connectivity index (χ1v) is 12.5. The van der Waals surface area contributed by atoms with Crippen LogP contribution in [0, 0.1) is 5.92 Å². The number of pyridine rings is 1. The molecular formula is C20H28F2N4O5S. The molecule has 0 bridgehead atoms. The predicted octanol–water partition coefficient (Wildman–Crippen LogP) is 0.670. The van der Waals surface area contributed by atoms with E-state index in [1.165, 1.54) is 17.0 Å². The van der Waals surface area contributed by atoms with Crippen LogP contribution in [0.2, 0.25) is 0 Å². The standard InChI is InChI=1S/C20H28F2N4O5S/c21-20(22)11-26(12-20)15-4-3-14(24-18(15)31-10-13-1-2-13)17(28)25-19(9-16(23)27)5-7-32(29,30)8-6-19/h3-4,13,16,27H,1-2,5-12,23H2,(H,25,28). The maximum absolute atomic E-state index is 13.4. The molecule has 4 N–H and O–H groups in total. The molecule has 0 spiro atoms. The fraction of sp³-hybridized carbons (Fsp3) is 0.700. The summed E-state index contributed by atoms with van der Waals surface area (Å²) in [7, 11) is -3.20. The molecule has 2 aliphatic heterocycles. The van der Waals surface area contributed by atoms with Crippen LogP contribution in [-0.2, 0) is 9.84 Å². The molecule has 0 aromatic carbocycles. The molecule has 1 amide bonds. The average molecular weight is 475 g/mol.